The van der Waals surface area contributed by atoms with Gasteiger partial charge in [0, 0.05) is 10.9 Å². The molecule has 4 aromatic rings. The summed E-state index contributed by atoms with van der Waals surface area (Å²) in [6, 6.07) is 11.8. The molecule has 0 aliphatic rings. The van der Waals surface area contributed by atoms with Gasteiger partial charge in [-0.05, 0) is 49.2 Å². The molecule has 0 saturated heterocycles. The fourth-order valence-electron chi connectivity index (χ4n) is 3.11. The highest BCUT2D eigenvalue weighted by Crippen LogP contribution is 2.28. The van der Waals surface area contributed by atoms with E-state index in [0.717, 1.165) is 46.1 Å². The minimum atomic E-state index is 0.313. The van der Waals surface area contributed by atoms with E-state index >= 15 is 0 Å². The van der Waals surface area contributed by atoms with Crippen LogP contribution < -0.4 is 14.9 Å². The molecule has 0 amide bonds. The number of unbranched alkanes of at least 4 members (excludes halogenated alkanes) is 1. The van der Waals surface area contributed by atoms with E-state index in [0.29, 0.717) is 24.0 Å². The van der Waals surface area contributed by atoms with Gasteiger partial charge in [-0.3, -0.25) is 0 Å². The molecule has 0 atom stereocenters. The van der Waals surface area contributed by atoms with Gasteiger partial charge < -0.3 is 14.5 Å². The molecule has 0 aliphatic carbocycles. The number of nitrogens with one attached hydrogen (secondary N) is 2. The van der Waals surface area contributed by atoms with Crippen molar-refractivity contribution in [3.8, 4) is 11.5 Å². The van der Waals surface area contributed by atoms with Gasteiger partial charge in [-0.15, -0.1) is 10.2 Å². The van der Waals surface area contributed by atoms with Gasteiger partial charge >= 0.3 is 0 Å². The van der Waals surface area contributed by atoms with E-state index in [4.69, 9.17) is 9.47 Å². The van der Waals surface area contributed by atoms with Crippen molar-refractivity contribution < 1.29 is 9.47 Å². The number of rotatable bonds is 8. The molecule has 0 aliphatic heterocycles. The largest absolute Gasteiger partial charge is 0.493 e. The molecular formula is C22H24N6O2. The third-order valence-electron chi connectivity index (χ3n) is 4.69. The number of ether oxygens (including phenoxy) is 2. The maximum Gasteiger partial charge on any atom is 0.265 e. The molecule has 0 saturated carbocycles. The van der Waals surface area contributed by atoms with E-state index in [-0.39, 0.29) is 0 Å². The molecule has 0 radical (unpaired) electrons. The first kappa shape index (κ1) is 19.6. The second-order valence-electron chi connectivity index (χ2n) is 6.99. The Labute approximate surface area is 174 Å². The molecule has 0 unspecified atom stereocenters. The van der Waals surface area contributed by atoms with Gasteiger partial charge in [0.2, 0.25) is 0 Å². The Hall–Kier alpha value is -3.68. The molecule has 4 rings (SSSR count). The van der Waals surface area contributed by atoms with Crippen LogP contribution in [0.15, 0.2) is 41.5 Å². The summed E-state index contributed by atoms with van der Waals surface area (Å²) in [5.41, 5.74) is 7.23. The van der Waals surface area contributed by atoms with Crippen molar-refractivity contribution in [3.05, 3.63) is 47.5 Å². The Morgan fingerprint density at radius 3 is 2.87 bits per heavy atom. The highest BCUT2D eigenvalue weighted by Gasteiger charge is 2.09. The number of H-pyrrole nitrogens is 1. The highest BCUT2D eigenvalue weighted by atomic mass is 16.5. The van der Waals surface area contributed by atoms with Crippen LogP contribution in [-0.4, -0.2) is 40.1 Å². The molecule has 0 bridgehead atoms. The smallest absolute Gasteiger partial charge is 0.265 e. The monoisotopic (exact) mass is 404 g/mol. The Morgan fingerprint density at radius 2 is 2.03 bits per heavy atom. The van der Waals surface area contributed by atoms with Crippen molar-refractivity contribution in [2.75, 3.05) is 19.1 Å². The van der Waals surface area contributed by atoms with Crippen molar-refractivity contribution in [1.29, 1.82) is 0 Å². The molecule has 0 fully saturated rings. The average molecular weight is 404 g/mol. The van der Waals surface area contributed by atoms with Crippen molar-refractivity contribution >= 4 is 34.2 Å². The number of anilines is 1. The first-order valence-corrected chi connectivity index (χ1v) is 9.90. The zero-order valence-corrected chi connectivity index (χ0v) is 17.3. The number of hydrogen-bond acceptors (Lipinski definition) is 7. The number of hydrogen-bond donors (Lipinski definition) is 2. The zero-order valence-electron chi connectivity index (χ0n) is 17.3. The minimum Gasteiger partial charge on any atom is -0.493 e. The molecule has 2 N–H and O–H groups in total. The number of aryl methyl sites for hydroxylation is 1. The maximum absolute atomic E-state index is 5.75. The maximum atomic E-state index is 5.75. The normalized spacial score (nSPS) is 11.4. The van der Waals surface area contributed by atoms with Gasteiger partial charge in [-0.2, -0.15) is 10.1 Å². The molecule has 8 nitrogen and oxygen atoms in total. The number of methoxy groups -OCH3 is 1. The third-order valence-corrected chi connectivity index (χ3v) is 4.69. The molecule has 2 aromatic carbocycles. The quantitative estimate of drug-likeness (QED) is 0.256. The van der Waals surface area contributed by atoms with E-state index < -0.39 is 0 Å². The van der Waals surface area contributed by atoms with Gasteiger partial charge in [-0.25, -0.2) is 5.43 Å². The predicted molar refractivity (Wildman–Crippen MR) is 119 cm³/mol. The summed E-state index contributed by atoms with van der Waals surface area (Å²) in [5, 5.41) is 13.6. The fourth-order valence-corrected chi connectivity index (χ4v) is 3.11. The first-order chi connectivity index (χ1) is 14.7. The number of benzene rings is 2. The standard InChI is InChI=1S/C22H24N6O2/c1-4-5-10-30-18-9-7-15(12-19(18)29-3)13-23-27-22-25-21-20(26-28-22)16-11-14(2)6-8-17(16)24-21/h6-9,11-13H,4-5,10H2,1-3H3,(H2,24,25,27,28)/b23-13+. The van der Waals surface area contributed by atoms with Crippen LogP contribution in [0.5, 0.6) is 11.5 Å². The van der Waals surface area contributed by atoms with Crippen LogP contribution in [0.3, 0.4) is 0 Å². The van der Waals surface area contributed by atoms with Gasteiger partial charge in [0.1, 0.15) is 5.52 Å². The second kappa shape index (κ2) is 8.77. The lowest BCUT2D eigenvalue weighted by atomic mass is 10.2. The summed E-state index contributed by atoms with van der Waals surface area (Å²) in [4.78, 5) is 7.72. The number of aromatic nitrogens is 4. The molecule has 30 heavy (non-hydrogen) atoms. The summed E-state index contributed by atoms with van der Waals surface area (Å²) in [6.45, 7) is 4.84. The van der Waals surface area contributed by atoms with Gasteiger partial charge in [0.25, 0.3) is 5.95 Å². The fraction of sp³-hybridized carbons (Fsp3) is 0.273. The van der Waals surface area contributed by atoms with E-state index in [1.165, 1.54) is 0 Å². The highest BCUT2D eigenvalue weighted by molar-refractivity contribution is 6.03. The average Bonchev–Trinajstić information content (AvgIpc) is 3.11. The van der Waals surface area contributed by atoms with Crippen LogP contribution in [0.25, 0.3) is 22.1 Å². The van der Waals surface area contributed by atoms with Gasteiger partial charge in [-0.1, -0.05) is 25.0 Å². The number of aromatic amines is 1. The second-order valence-corrected chi connectivity index (χ2v) is 6.99. The Kier molecular flexibility index (Phi) is 5.74. The lowest BCUT2D eigenvalue weighted by Gasteiger charge is -2.10. The number of hydrazone groups is 1. The Bertz CT molecular complexity index is 1200. The van der Waals surface area contributed by atoms with Crippen LogP contribution in [-0.2, 0) is 0 Å². The van der Waals surface area contributed by atoms with Crippen LogP contribution >= 0.6 is 0 Å². The van der Waals surface area contributed by atoms with Gasteiger partial charge in [0.05, 0.1) is 19.9 Å². The van der Waals surface area contributed by atoms with Crippen LogP contribution in [0.2, 0.25) is 0 Å². The van der Waals surface area contributed by atoms with Crippen molar-refractivity contribution in [1.82, 2.24) is 20.2 Å². The van der Waals surface area contributed by atoms with Crippen LogP contribution in [0, 0.1) is 6.92 Å². The van der Waals surface area contributed by atoms with E-state index in [1.54, 1.807) is 13.3 Å². The van der Waals surface area contributed by atoms with E-state index in [1.807, 2.05) is 37.3 Å². The molecule has 0 spiro atoms. The Morgan fingerprint density at radius 1 is 1.13 bits per heavy atom. The predicted octanol–water partition coefficient (Wildman–Crippen LogP) is 4.45. The lowest BCUT2D eigenvalue weighted by molar-refractivity contribution is 0.288. The summed E-state index contributed by atoms with van der Waals surface area (Å²) in [5.74, 6) is 1.71. The van der Waals surface area contributed by atoms with Crippen molar-refractivity contribution in [2.24, 2.45) is 5.10 Å². The molecular weight excluding hydrogens is 380 g/mol. The first-order valence-electron chi connectivity index (χ1n) is 9.90. The van der Waals surface area contributed by atoms with Crippen LogP contribution in [0.4, 0.5) is 5.95 Å². The van der Waals surface area contributed by atoms with Crippen molar-refractivity contribution in [2.45, 2.75) is 26.7 Å². The van der Waals surface area contributed by atoms with E-state index in [9.17, 15) is 0 Å². The van der Waals surface area contributed by atoms with E-state index in [2.05, 4.69) is 43.7 Å². The van der Waals surface area contributed by atoms with Gasteiger partial charge in [0.15, 0.2) is 17.1 Å². The summed E-state index contributed by atoms with van der Waals surface area (Å²) < 4.78 is 11.2. The molecule has 2 heterocycles. The third kappa shape index (κ3) is 4.17. The summed E-state index contributed by atoms with van der Waals surface area (Å²) in [6.07, 6.45) is 3.75. The summed E-state index contributed by atoms with van der Waals surface area (Å²) >= 11 is 0. The number of fused-ring (bicyclic) bond motifs is 3. The number of nitrogens with zero attached hydrogens (tertiary/aromatic N) is 4. The van der Waals surface area contributed by atoms with Crippen molar-refractivity contribution in [3.63, 3.8) is 0 Å². The lowest BCUT2D eigenvalue weighted by Crippen LogP contribution is -2.00. The SMILES string of the molecule is CCCCOc1ccc(/C=N/Nc2nnc3c(n2)[nH]c2ccc(C)cc23)cc1OC. The molecule has 2 aromatic heterocycles. The van der Waals surface area contributed by atoms with Crippen LogP contribution in [0.1, 0.15) is 30.9 Å². The minimum absolute atomic E-state index is 0.313. The zero-order chi connectivity index (χ0) is 20.9. The topological polar surface area (TPSA) is 97.3 Å². The summed E-state index contributed by atoms with van der Waals surface area (Å²) in [7, 11) is 1.62. The molecule has 154 valence electrons. The Balaban J connectivity index is 1.48. The molecule has 8 heteroatoms.